The Labute approximate surface area is 116 Å². The van der Waals surface area contributed by atoms with Crippen LogP contribution in [0.2, 0.25) is 0 Å². The third-order valence-corrected chi connectivity index (χ3v) is 3.08. The highest BCUT2D eigenvalue weighted by Gasteiger charge is 2.12. The molecule has 0 bridgehead atoms. The van der Waals surface area contributed by atoms with Gasteiger partial charge in [-0.2, -0.15) is 0 Å². The number of nitrogens with one attached hydrogen (secondary N) is 1. The molecule has 0 amide bonds. The van der Waals surface area contributed by atoms with Gasteiger partial charge in [-0.25, -0.2) is 9.18 Å². The molecule has 106 valence electrons. The van der Waals surface area contributed by atoms with Crippen LogP contribution in [0, 0.1) is 12.7 Å². The van der Waals surface area contributed by atoms with Crippen molar-refractivity contribution in [2.45, 2.75) is 19.9 Å². The Balaban J connectivity index is 1.84. The third-order valence-electron chi connectivity index (χ3n) is 3.08. The third kappa shape index (κ3) is 3.45. The fraction of sp³-hybridized carbons (Fsp3) is 0.267. The van der Waals surface area contributed by atoms with Crippen LogP contribution in [0.15, 0.2) is 34.7 Å². The molecule has 2 N–H and O–H groups in total. The highest BCUT2D eigenvalue weighted by Crippen LogP contribution is 2.14. The van der Waals surface area contributed by atoms with E-state index < -0.39 is 5.97 Å². The van der Waals surface area contributed by atoms with Gasteiger partial charge < -0.3 is 14.8 Å². The number of carboxylic acid groups (broad SMARTS) is 1. The maximum atomic E-state index is 13.4. The number of benzene rings is 1. The first-order chi connectivity index (χ1) is 9.58. The largest absolute Gasteiger partial charge is 0.475 e. The molecule has 0 atom stereocenters. The molecule has 0 radical (unpaired) electrons. The van der Waals surface area contributed by atoms with Gasteiger partial charge in [0.1, 0.15) is 11.6 Å². The first-order valence-electron chi connectivity index (χ1n) is 6.34. The van der Waals surface area contributed by atoms with Crippen molar-refractivity contribution < 1.29 is 18.7 Å². The fourth-order valence-electron chi connectivity index (χ4n) is 1.95. The predicted octanol–water partition coefficient (Wildman–Crippen LogP) is 2.76. The molecule has 2 rings (SSSR count). The minimum atomic E-state index is -1.08. The molecule has 0 unspecified atom stereocenters. The van der Waals surface area contributed by atoms with Gasteiger partial charge in [-0.1, -0.05) is 18.2 Å². The minimum absolute atomic E-state index is 0.0617. The van der Waals surface area contributed by atoms with Crippen LogP contribution in [0.4, 0.5) is 4.39 Å². The summed E-state index contributed by atoms with van der Waals surface area (Å²) in [6.45, 7) is 2.82. The molecule has 0 aliphatic rings. The lowest BCUT2D eigenvalue weighted by molar-refractivity contribution is 0.0661. The summed E-state index contributed by atoms with van der Waals surface area (Å²) in [6.07, 6.45) is 0.579. The highest BCUT2D eigenvalue weighted by atomic mass is 19.1. The van der Waals surface area contributed by atoms with Crippen LogP contribution in [0.3, 0.4) is 0 Å². The van der Waals surface area contributed by atoms with E-state index >= 15 is 0 Å². The maximum Gasteiger partial charge on any atom is 0.371 e. The number of carbonyl (C=O) groups is 1. The van der Waals surface area contributed by atoms with Crippen LogP contribution in [0.1, 0.15) is 27.4 Å². The van der Waals surface area contributed by atoms with Crippen molar-refractivity contribution in [1.29, 1.82) is 0 Å². The number of carboxylic acids is 1. The first kappa shape index (κ1) is 14.3. The Morgan fingerprint density at radius 1 is 1.35 bits per heavy atom. The van der Waals surface area contributed by atoms with Crippen LogP contribution >= 0.6 is 0 Å². The lowest BCUT2D eigenvalue weighted by atomic mass is 10.1. The predicted molar refractivity (Wildman–Crippen MR) is 72.2 cm³/mol. The van der Waals surface area contributed by atoms with Crippen molar-refractivity contribution in [2.75, 3.05) is 6.54 Å². The van der Waals surface area contributed by atoms with Crippen LogP contribution in [0.5, 0.6) is 0 Å². The zero-order valence-corrected chi connectivity index (χ0v) is 11.1. The van der Waals surface area contributed by atoms with E-state index in [-0.39, 0.29) is 11.6 Å². The second-order valence-electron chi connectivity index (χ2n) is 4.52. The summed E-state index contributed by atoms with van der Waals surface area (Å²) in [6, 6.07) is 8.16. The van der Waals surface area contributed by atoms with Gasteiger partial charge >= 0.3 is 5.97 Å². The van der Waals surface area contributed by atoms with Gasteiger partial charge in [-0.15, -0.1) is 0 Å². The van der Waals surface area contributed by atoms with Gasteiger partial charge in [-0.3, -0.25) is 0 Å². The molecule has 20 heavy (non-hydrogen) atoms. The smallest absolute Gasteiger partial charge is 0.371 e. The number of hydrogen-bond acceptors (Lipinski definition) is 3. The van der Waals surface area contributed by atoms with Crippen molar-refractivity contribution in [3.8, 4) is 0 Å². The number of halogens is 1. The molecule has 4 nitrogen and oxygen atoms in total. The Hall–Kier alpha value is -2.14. The van der Waals surface area contributed by atoms with E-state index in [1.807, 2.05) is 0 Å². The van der Waals surface area contributed by atoms with E-state index in [2.05, 4.69) is 5.32 Å². The average molecular weight is 277 g/mol. The van der Waals surface area contributed by atoms with Gasteiger partial charge in [0, 0.05) is 12.1 Å². The van der Waals surface area contributed by atoms with E-state index in [0.29, 0.717) is 30.8 Å². The van der Waals surface area contributed by atoms with E-state index in [0.717, 1.165) is 5.56 Å². The Kier molecular flexibility index (Phi) is 4.53. The van der Waals surface area contributed by atoms with Crippen molar-refractivity contribution in [1.82, 2.24) is 5.32 Å². The minimum Gasteiger partial charge on any atom is -0.475 e. The molecule has 1 aromatic heterocycles. The van der Waals surface area contributed by atoms with E-state index in [9.17, 15) is 9.18 Å². The summed E-state index contributed by atoms with van der Waals surface area (Å²) in [7, 11) is 0. The van der Waals surface area contributed by atoms with Gasteiger partial charge in [0.05, 0.1) is 0 Å². The summed E-state index contributed by atoms with van der Waals surface area (Å²) in [4.78, 5) is 10.8. The molecule has 0 saturated heterocycles. The molecule has 2 aromatic rings. The van der Waals surface area contributed by atoms with Crippen LogP contribution in [-0.4, -0.2) is 17.6 Å². The monoisotopic (exact) mass is 277 g/mol. The maximum absolute atomic E-state index is 13.4. The Morgan fingerprint density at radius 3 is 2.75 bits per heavy atom. The van der Waals surface area contributed by atoms with Crippen molar-refractivity contribution in [2.24, 2.45) is 0 Å². The zero-order chi connectivity index (χ0) is 14.5. The summed E-state index contributed by atoms with van der Waals surface area (Å²) >= 11 is 0. The number of furan rings is 1. The second-order valence-corrected chi connectivity index (χ2v) is 4.52. The lowest BCUT2D eigenvalue weighted by Crippen LogP contribution is -2.17. The summed E-state index contributed by atoms with van der Waals surface area (Å²) < 4.78 is 18.5. The molecule has 0 aliphatic heterocycles. The lowest BCUT2D eigenvalue weighted by Gasteiger charge is -2.05. The highest BCUT2D eigenvalue weighted by molar-refractivity contribution is 5.84. The van der Waals surface area contributed by atoms with Crippen LogP contribution in [0.25, 0.3) is 0 Å². The average Bonchev–Trinajstić information content (AvgIpc) is 2.78. The van der Waals surface area contributed by atoms with Crippen molar-refractivity contribution in [3.05, 3.63) is 58.8 Å². The van der Waals surface area contributed by atoms with E-state index in [1.165, 1.54) is 12.1 Å². The Bertz CT molecular complexity index is 607. The van der Waals surface area contributed by atoms with Gasteiger partial charge in [0.25, 0.3) is 0 Å². The summed E-state index contributed by atoms with van der Waals surface area (Å²) in [5.41, 5.74) is 1.46. The van der Waals surface area contributed by atoms with Gasteiger partial charge in [-0.05, 0) is 37.6 Å². The van der Waals surface area contributed by atoms with Gasteiger partial charge in [0.2, 0.25) is 5.76 Å². The Morgan fingerprint density at radius 2 is 2.10 bits per heavy atom. The zero-order valence-electron chi connectivity index (χ0n) is 11.1. The molecule has 0 spiro atoms. The second kappa shape index (κ2) is 6.34. The summed E-state index contributed by atoms with van der Waals surface area (Å²) in [5, 5.41) is 12.0. The standard InChI is InChI=1S/C15H16FNO3/c1-10-12(8-14(20-10)15(18)19)9-17-7-6-11-4-2-3-5-13(11)16/h2-5,8,17H,6-7,9H2,1H3,(H,18,19). The fourth-order valence-corrected chi connectivity index (χ4v) is 1.95. The molecular formula is C15H16FNO3. The van der Waals surface area contributed by atoms with Crippen molar-refractivity contribution in [3.63, 3.8) is 0 Å². The normalized spacial score (nSPS) is 10.7. The number of aromatic carboxylic acids is 1. The molecule has 0 aliphatic carbocycles. The van der Waals surface area contributed by atoms with Crippen molar-refractivity contribution >= 4 is 5.97 Å². The first-order valence-corrected chi connectivity index (χ1v) is 6.34. The molecule has 0 fully saturated rings. The SMILES string of the molecule is Cc1oc(C(=O)O)cc1CNCCc1ccccc1F. The van der Waals surface area contributed by atoms with E-state index in [4.69, 9.17) is 9.52 Å². The molecule has 0 saturated carbocycles. The summed E-state index contributed by atoms with van der Waals surface area (Å²) in [5.74, 6) is -0.762. The molecule has 5 heteroatoms. The number of hydrogen-bond donors (Lipinski definition) is 2. The van der Waals surface area contributed by atoms with E-state index in [1.54, 1.807) is 25.1 Å². The quantitative estimate of drug-likeness (QED) is 0.797. The van der Waals surface area contributed by atoms with Crippen LogP contribution in [-0.2, 0) is 13.0 Å². The van der Waals surface area contributed by atoms with Gasteiger partial charge in [0.15, 0.2) is 0 Å². The number of rotatable bonds is 6. The van der Waals surface area contributed by atoms with Crippen LogP contribution < -0.4 is 5.32 Å². The molecule has 1 heterocycles. The topological polar surface area (TPSA) is 62.5 Å². The molecule has 1 aromatic carbocycles. The molecular weight excluding hydrogens is 261 g/mol. The number of aryl methyl sites for hydroxylation is 1.